The van der Waals surface area contributed by atoms with E-state index in [0.717, 1.165) is 72.4 Å². The SMILES string of the molecule is Cc1c2c(n(-c3ccc(Cl)cc3Cl)c1-c1ccc(C=O)cc1)CCN(N1CCCCC1)C2=O. The van der Waals surface area contributed by atoms with E-state index in [1.54, 1.807) is 18.2 Å². The summed E-state index contributed by atoms with van der Waals surface area (Å²) in [7, 11) is 0. The minimum absolute atomic E-state index is 0.0465. The van der Waals surface area contributed by atoms with Crippen molar-refractivity contribution in [2.45, 2.75) is 32.6 Å². The number of amides is 1. The highest BCUT2D eigenvalue weighted by Crippen LogP contribution is 2.39. The van der Waals surface area contributed by atoms with Crippen LogP contribution >= 0.6 is 23.2 Å². The van der Waals surface area contributed by atoms with Crippen LogP contribution in [0.1, 0.15) is 51.2 Å². The van der Waals surface area contributed by atoms with Gasteiger partial charge in [0.1, 0.15) is 6.29 Å². The van der Waals surface area contributed by atoms with Crippen LogP contribution in [0.5, 0.6) is 0 Å². The zero-order chi connectivity index (χ0) is 23.1. The Labute approximate surface area is 203 Å². The number of carbonyl (C=O) groups is 2. The molecule has 2 aromatic carbocycles. The Kier molecular flexibility index (Phi) is 6.04. The van der Waals surface area contributed by atoms with E-state index in [9.17, 15) is 9.59 Å². The maximum Gasteiger partial charge on any atom is 0.270 e. The van der Waals surface area contributed by atoms with Gasteiger partial charge in [0.15, 0.2) is 0 Å². The van der Waals surface area contributed by atoms with E-state index in [1.807, 2.05) is 36.2 Å². The van der Waals surface area contributed by atoms with E-state index in [4.69, 9.17) is 23.2 Å². The van der Waals surface area contributed by atoms with Gasteiger partial charge in [-0.3, -0.25) is 14.6 Å². The predicted octanol–water partition coefficient (Wildman–Crippen LogP) is 5.97. The molecule has 170 valence electrons. The molecule has 0 aliphatic carbocycles. The second-order valence-corrected chi connectivity index (χ2v) is 9.50. The van der Waals surface area contributed by atoms with E-state index in [2.05, 4.69) is 9.58 Å². The Morgan fingerprint density at radius 1 is 0.939 bits per heavy atom. The molecule has 2 aliphatic heterocycles. The summed E-state index contributed by atoms with van der Waals surface area (Å²) in [6.45, 7) is 4.48. The fraction of sp³-hybridized carbons (Fsp3) is 0.308. The number of piperidine rings is 1. The van der Waals surface area contributed by atoms with Crippen LogP contribution in [0.4, 0.5) is 0 Å². The maximum absolute atomic E-state index is 13.8. The average molecular weight is 482 g/mol. The molecule has 1 amide bonds. The topological polar surface area (TPSA) is 45.6 Å². The van der Waals surface area contributed by atoms with Crippen molar-refractivity contribution in [3.63, 3.8) is 0 Å². The minimum Gasteiger partial charge on any atom is -0.311 e. The molecule has 5 rings (SSSR count). The molecule has 3 heterocycles. The van der Waals surface area contributed by atoms with Crippen LogP contribution in [0.3, 0.4) is 0 Å². The van der Waals surface area contributed by atoms with Gasteiger partial charge in [0.05, 0.1) is 22.0 Å². The van der Waals surface area contributed by atoms with Crippen LogP contribution in [0, 0.1) is 6.92 Å². The number of hydrogen-bond acceptors (Lipinski definition) is 3. The number of hydrazine groups is 1. The maximum atomic E-state index is 13.8. The summed E-state index contributed by atoms with van der Waals surface area (Å²) in [5.74, 6) is 0.0465. The molecule has 1 saturated heterocycles. The molecule has 5 nitrogen and oxygen atoms in total. The second-order valence-electron chi connectivity index (χ2n) is 8.66. The van der Waals surface area contributed by atoms with Crippen LogP contribution in [0.25, 0.3) is 16.9 Å². The lowest BCUT2D eigenvalue weighted by atomic mass is 10.0. The first-order chi connectivity index (χ1) is 16.0. The highest BCUT2D eigenvalue weighted by Gasteiger charge is 2.36. The Hall–Kier alpha value is -2.60. The number of hydrogen-bond donors (Lipinski definition) is 0. The van der Waals surface area contributed by atoms with Crippen molar-refractivity contribution < 1.29 is 9.59 Å². The van der Waals surface area contributed by atoms with Gasteiger partial charge in [0.25, 0.3) is 5.91 Å². The molecule has 1 fully saturated rings. The fourth-order valence-corrected chi connectivity index (χ4v) is 5.59. The Morgan fingerprint density at radius 2 is 1.67 bits per heavy atom. The molecule has 0 spiro atoms. The molecular weight excluding hydrogens is 457 g/mol. The normalized spacial score (nSPS) is 16.7. The van der Waals surface area contributed by atoms with Crippen LogP contribution in [-0.4, -0.2) is 46.4 Å². The van der Waals surface area contributed by atoms with Gasteiger partial charge in [-0.15, -0.1) is 0 Å². The van der Waals surface area contributed by atoms with Crippen LogP contribution in [0.2, 0.25) is 10.0 Å². The first kappa shape index (κ1) is 22.2. The Morgan fingerprint density at radius 3 is 2.33 bits per heavy atom. The Balaban J connectivity index is 1.70. The highest BCUT2D eigenvalue weighted by atomic mass is 35.5. The summed E-state index contributed by atoms with van der Waals surface area (Å²) < 4.78 is 2.10. The summed E-state index contributed by atoms with van der Waals surface area (Å²) >= 11 is 12.8. The van der Waals surface area contributed by atoms with Gasteiger partial charge in [-0.25, -0.2) is 5.01 Å². The van der Waals surface area contributed by atoms with Crippen molar-refractivity contribution in [2.24, 2.45) is 0 Å². The molecule has 0 unspecified atom stereocenters. The fourth-order valence-electron chi connectivity index (χ4n) is 5.09. The number of benzene rings is 2. The summed E-state index contributed by atoms with van der Waals surface area (Å²) in [6.07, 6.45) is 5.01. The zero-order valence-corrected chi connectivity index (χ0v) is 20.0. The molecule has 7 heteroatoms. The van der Waals surface area contributed by atoms with Gasteiger partial charge in [-0.2, -0.15) is 0 Å². The molecule has 0 bridgehead atoms. The lowest BCUT2D eigenvalue weighted by Gasteiger charge is -2.39. The van der Waals surface area contributed by atoms with Gasteiger partial charge in [0.2, 0.25) is 0 Å². The summed E-state index contributed by atoms with van der Waals surface area (Å²) in [4.78, 5) is 25.0. The molecule has 2 aliphatic rings. The number of rotatable bonds is 4. The molecular formula is C26H25Cl2N3O2. The van der Waals surface area contributed by atoms with Gasteiger partial charge in [-0.05, 0) is 49.1 Å². The third kappa shape index (κ3) is 3.88. The predicted molar refractivity (Wildman–Crippen MR) is 132 cm³/mol. The number of aldehydes is 1. The number of fused-ring (bicyclic) bond motifs is 1. The molecule has 1 aromatic heterocycles. The number of aromatic nitrogens is 1. The molecule has 0 atom stereocenters. The van der Waals surface area contributed by atoms with Crippen LogP contribution in [0.15, 0.2) is 42.5 Å². The quantitative estimate of drug-likeness (QED) is 0.431. The van der Waals surface area contributed by atoms with Crippen molar-refractivity contribution in [1.29, 1.82) is 0 Å². The van der Waals surface area contributed by atoms with E-state index in [0.29, 0.717) is 22.2 Å². The lowest BCUT2D eigenvalue weighted by molar-refractivity contribution is -0.0237. The van der Waals surface area contributed by atoms with E-state index in [-0.39, 0.29) is 5.91 Å². The van der Waals surface area contributed by atoms with E-state index >= 15 is 0 Å². The van der Waals surface area contributed by atoms with Gasteiger partial charge < -0.3 is 4.57 Å². The molecule has 0 N–H and O–H groups in total. The summed E-state index contributed by atoms with van der Waals surface area (Å²) in [5.41, 5.74) is 5.86. The number of carbonyl (C=O) groups excluding carboxylic acids is 2. The van der Waals surface area contributed by atoms with Gasteiger partial charge in [0, 0.05) is 42.3 Å². The van der Waals surface area contributed by atoms with Crippen LogP contribution in [-0.2, 0) is 6.42 Å². The van der Waals surface area contributed by atoms with Gasteiger partial charge >= 0.3 is 0 Å². The molecule has 0 saturated carbocycles. The van der Waals surface area contributed by atoms with E-state index < -0.39 is 0 Å². The highest BCUT2D eigenvalue weighted by molar-refractivity contribution is 6.35. The second kappa shape index (κ2) is 8.98. The third-order valence-corrected chi connectivity index (χ3v) is 7.20. The number of nitrogens with zero attached hydrogens (tertiary/aromatic N) is 3. The standard InChI is InChI=1S/C26H25Cl2N3O2/c1-17-24-23(11-14-30(26(24)33)29-12-3-2-4-13-29)31(22-10-9-20(27)15-21(22)28)25(17)19-7-5-18(16-32)6-8-19/h5-10,15-16H,2-4,11-14H2,1H3. The Bertz CT molecular complexity index is 1230. The van der Waals surface area contributed by atoms with E-state index in [1.165, 1.54) is 6.42 Å². The molecule has 0 radical (unpaired) electrons. The summed E-state index contributed by atoms with van der Waals surface area (Å²) in [5, 5.41) is 5.23. The van der Waals surface area contributed by atoms with Crippen molar-refractivity contribution in [3.8, 4) is 16.9 Å². The lowest BCUT2D eigenvalue weighted by Crippen LogP contribution is -2.51. The zero-order valence-electron chi connectivity index (χ0n) is 18.5. The van der Waals surface area contributed by atoms with Crippen LogP contribution < -0.4 is 0 Å². The van der Waals surface area contributed by atoms with Crippen molar-refractivity contribution in [3.05, 3.63) is 74.9 Å². The third-order valence-electron chi connectivity index (χ3n) is 6.67. The first-order valence-corrected chi connectivity index (χ1v) is 12.1. The largest absolute Gasteiger partial charge is 0.311 e. The van der Waals surface area contributed by atoms with Crippen molar-refractivity contribution in [1.82, 2.24) is 14.6 Å². The van der Waals surface area contributed by atoms with Gasteiger partial charge in [-0.1, -0.05) is 53.9 Å². The summed E-state index contributed by atoms with van der Waals surface area (Å²) in [6, 6.07) is 12.9. The molecule has 3 aromatic rings. The van der Waals surface area contributed by atoms with Crippen molar-refractivity contribution in [2.75, 3.05) is 19.6 Å². The van der Waals surface area contributed by atoms with Crippen molar-refractivity contribution >= 4 is 35.4 Å². The first-order valence-electron chi connectivity index (χ1n) is 11.3. The molecule has 33 heavy (non-hydrogen) atoms. The minimum atomic E-state index is 0.0465. The number of halogens is 2. The average Bonchev–Trinajstić information content (AvgIpc) is 3.12. The monoisotopic (exact) mass is 481 g/mol. The smallest absolute Gasteiger partial charge is 0.270 e.